The highest BCUT2D eigenvalue weighted by molar-refractivity contribution is 8.13. The summed E-state index contributed by atoms with van der Waals surface area (Å²) in [6.07, 6.45) is 2.49. The quantitative estimate of drug-likeness (QED) is 0.798. The van der Waals surface area contributed by atoms with Crippen molar-refractivity contribution in [2.24, 2.45) is 0 Å². The average molecular weight is 327 g/mol. The van der Waals surface area contributed by atoms with E-state index in [4.69, 9.17) is 20.2 Å². The first kappa shape index (κ1) is 15.5. The summed E-state index contributed by atoms with van der Waals surface area (Å²) in [4.78, 5) is -0.643. The highest BCUT2D eigenvalue weighted by Crippen LogP contribution is 2.27. The molecule has 0 saturated carbocycles. The molecule has 0 N–H and O–H groups in total. The van der Waals surface area contributed by atoms with Crippen LogP contribution in [-0.4, -0.2) is 27.7 Å². The van der Waals surface area contributed by atoms with E-state index in [-0.39, 0.29) is 12.7 Å². The predicted molar refractivity (Wildman–Crippen MR) is 68.5 cm³/mol. The van der Waals surface area contributed by atoms with Crippen molar-refractivity contribution in [3.05, 3.63) is 23.8 Å². The topological polar surface area (TPSA) is 52.6 Å². The van der Waals surface area contributed by atoms with Crippen molar-refractivity contribution in [2.75, 3.05) is 13.2 Å². The minimum absolute atomic E-state index is 0.0147. The van der Waals surface area contributed by atoms with Crippen molar-refractivity contribution < 1.29 is 26.7 Å². The normalized spacial score (nSPS) is 19.9. The van der Waals surface area contributed by atoms with Gasteiger partial charge >= 0.3 is 0 Å². The molecule has 1 aliphatic rings. The smallest absolute Gasteiger partial charge is 0.261 e. The van der Waals surface area contributed by atoms with Crippen LogP contribution in [0.2, 0.25) is 0 Å². The van der Waals surface area contributed by atoms with E-state index in [0.717, 1.165) is 19.3 Å². The molecule has 2 rings (SSSR count). The molecule has 112 valence electrons. The van der Waals surface area contributed by atoms with Crippen LogP contribution in [0.15, 0.2) is 17.0 Å². The van der Waals surface area contributed by atoms with Crippen LogP contribution in [-0.2, 0) is 13.8 Å². The Morgan fingerprint density at radius 2 is 1.95 bits per heavy atom. The Kier molecular flexibility index (Phi) is 4.82. The Balaban J connectivity index is 2.12. The van der Waals surface area contributed by atoms with Gasteiger partial charge < -0.3 is 9.47 Å². The monoisotopic (exact) mass is 326 g/mol. The lowest BCUT2D eigenvalue weighted by molar-refractivity contribution is -0.0125. The largest absolute Gasteiger partial charge is 0.485 e. The summed E-state index contributed by atoms with van der Waals surface area (Å²) in [5.74, 6) is -2.84. The zero-order chi connectivity index (χ0) is 14.8. The van der Waals surface area contributed by atoms with Crippen molar-refractivity contribution >= 4 is 19.7 Å². The van der Waals surface area contributed by atoms with E-state index in [2.05, 4.69) is 0 Å². The molecule has 1 fully saturated rings. The first-order chi connectivity index (χ1) is 9.38. The molecule has 0 aromatic heterocycles. The van der Waals surface area contributed by atoms with Crippen molar-refractivity contribution in [1.29, 1.82) is 0 Å². The van der Waals surface area contributed by atoms with Crippen molar-refractivity contribution in [1.82, 2.24) is 0 Å². The Morgan fingerprint density at radius 1 is 1.30 bits per heavy atom. The molecule has 8 heteroatoms. The Labute approximate surface area is 120 Å². The van der Waals surface area contributed by atoms with E-state index >= 15 is 0 Å². The van der Waals surface area contributed by atoms with E-state index in [1.807, 2.05) is 0 Å². The van der Waals surface area contributed by atoms with Gasteiger partial charge in [0, 0.05) is 17.3 Å². The zero-order valence-electron chi connectivity index (χ0n) is 10.4. The van der Waals surface area contributed by atoms with E-state index in [0.29, 0.717) is 18.7 Å². The Bertz CT molecular complexity index is 562. The molecule has 1 aromatic carbocycles. The minimum atomic E-state index is -4.19. The average Bonchev–Trinajstić information content (AvgIpc) is 2.37. The van der Waals surface area contributed by atoms with Crippen LogP contribution >= 0.6 is 10.7 Å². The molecule has 1 aliphatic heterocycles. The fraction of sp³-hybridized carbons (Fsp3) is 0.500. The van der Waals surface area contributed by atoms with E-state index < -0.39 is 31.3 Å². The Morgan fingerprint density at radius 3 is 2.45 bits per heavy atom. The number of hydrogen-bond acceptors (Lipinski definition) is 4. The van der Waals surface area contributed by atoms with Crippen molar-refractivity contribution in [3.63, 3.8) is 0 Å². The molecule has 4 nitrogen and oxygen atoms in total. The summed E-state index contributed by atoms with van der Waals surface area (Å²) in [5.41, 5.74) is 0. The molecule has 20 heavy (non-hydrogen) atoms. The fourth-order valence-electron chi connectivity index (χ4n) is 1.93. The molecular weight excluding hydrogens is 314 g/mol. The van der Waals surface area contributed by atoms with E-state index in [1.54, 1.807) is 0 Å². The number of benzene rings is 1. The number of ether oxygens (including phenoxy) is 2. The first-order valence-electron chi connectivity index (χ1n) is 6.06. The van der Waals surface area contributed by atoms with Crippen LogP contribution in [0.3, 0.4) is 0 Å². The maximum absolute atomic E-state index is 13.7. The van der Waals surface area contributed by atoms with Gasteiger partial charge in [0.25, 0.3) is 9.05 Å². The van der Waals surface area contributed by atoms with Gasteiger partial charge in [0.1, 0.15) is 6.61 Å². The van der Waals surface area contributed by atoms with Gasteiger partial charge in [-0.25, -0.2) is 17.2 Å². The standard InChI is InChI=1S/C12H13ClF2O4S/c13-20(16,17)9-5-10(14)12(11(15)6-9)19-7-8-3-1-2-4-18-8/h5-6,8H,1-4,7H2. The second kappa shape index (κ2) is 6.24. The van der Waals surface area contributed by atoms with E-state index in [9.17, 15) is 17.2 Å². The molecule has 1 aromatic rings. The number of halogens is 3. The predicted octanol–water partition coefficient (Wildman–Crippen LogP) is 2.84. The second-order valence-electron chi connectivity index (χ2n) is 4.45. The van der Waals surface area contributed by atoms with Crippen molar-refractivity contribution in [2.45, 2.75) is 30.3 Å². The second-order valence-corrected chi connectivity index (χ2v) is 7.02. The fourth-order valence-corrected chi connectivity index (χ4v) is 2.69. The summed E-state index contributed by atoms with van der Waals surface area (Å²) < 4.78 is 59.8. The van der Waals surface area contributed by atoms with Gasteiger partial charge in [0.15, 0.2) is 17.4 Å². The van der Waals surface area contributed by atoms with Crippen molar-refractivity contribution in [3.8, 4) is 5.75 Å². The minimum Gasteiger partial charge on any atom is -0.485 e. The molecule has 0 spiro atoms. The molecule has 0 radical (unpaired) electrons. The van der Waals surface area contributed by atoms with Gasteiger partial charge in [0.2, 0.25) is 0 Å². The van der Waals surface area contributed by atoms with Crippen LogP contribution in [0.1, 0.15) is 19.3 Å². The summed E-state index contributed by atoms with van der Waals surface area (Å²) in [6, 6.07) is 1.25. The highest BCUT2D eigenvalue weighted by atomic mass is 35.7. The van der Waals surface area contributed by atoms with Gasteiger partial charge in [0.05, 0.1) is 11.0 Å². The van der Waals surface area contributed by atoms with Crippen LogP contribution in [0.4, 0.5) is 8.78 Å². The lowest BCUT2D eigenvalue weighted by Crippen LogP contribution is -2.26. The van der Waals surface area contributed by atoms with Gasteiger partial charge in [-0.1, -0.05) is 0 Å². The van der Waals surface area contributed by atoms with Crippen LogP contribution < -0.4 is 4.74 Å². The van der Waals surface area contributed by atoms with Crippen LogP contribution in [0.5, 0.6) is 5.75 Å². The summed E-state index contributed by atoms with van der Waals surface area (Å²) in [5, 5.41) is 0. The molecule has 0 amide bonds. The lowest BCUT2D eigenvalue weighted by Gasteiger charge is -2.22. The van der Waals surface area contributed by atoms with E-state index in [1.165, 1.54) is 0 Å². The highest BCUT2D eigenvalue weighted by Gasteiger charge is 2.21. The Hall–Kier alpha value is -0.920. The van der Waals surface area contributed by atoms with Gasteiger partial charge in [-0.05, 0) is 31.4 Å². The first-order valence-corrected chi connectivity index (χ1v) is 8.37. The van der Waals surface area contributed by atoms with Gasteiger partial charge in [-0.3, -0.25) is 0 Å². The number of hydrogen-bond donors (Lipinski definition) is 0. The lowest BCUT2D eigenvalue weighted by atomic mass is 10.1. The van der Waals surface area contributed by atoms with Gasteiger partial charge in [-0.2, -0.15) is 0 Å². The summed E-state index contributed by atoms with van der Waals surface area (Å²) >= 11 is 0. The van der Waals surface area contributed by atoms with Crippen LogP contribution in [0.25, 0.3) is 0 Å². The summed E-state index contributed by atoms with van der Waals surface area (Å²) in [6.45, 7) is 0.614. The molecule has 1 saturated heterocycles. The zero-order valence-corrected chi connectivity index (χ0v) is 12.0. The third kappa shape index (κ3) is 3.80. The van der Waals surface area contributed by atoms with Gasteiger partial charge in [-0.15, -0.1) is 0 Å². The third-order valence-corrected chi connectivity index (χ3v) is 4.27. The molecule has 0 aliphatic carbocycles. The molecular formula is C12H13ClF2O4S. The maximum atomic E-state index is 13.7. The molecule has 1 unspecified atom stereocenters. The molecule has 1 atom stereocenters. The summed E-state index contributed by atoms with van der Waals surface area (Å²) in [7, 11) is 0.844. The third-order valence-electron chi connectivity index (χ3n) is 2.94. The van der Waals surface area contributed by atoms with Crippen LogP contribution in [0, 0.1) is 11.6 Å². The number of rotatable bonds is 4. The molecule has 0 bridgehead atoms. The molecule has 1 heterocycles. The maximum Gasteiger partial charge on any atom is 0.261 e. The SMILES string of the molecule is O=S(=O)(Cl)c1cc(F)c(OCC2CCCCO2)c(F)c1.